The first-order chi connectivity index (χ1) is 14.5. The summed E-state index contributed by atoms with van der Waals surface area (Å²) >= 11 is 5.82. The molecule has 31 heavy (non-hydrogen) atoms. The van der Waals surface area contributed by atoms with Crippen LogP contribution in [0.2, 0.25) is 5.02 Å². The Morgan fingerprint density at radius 3 is 2.06 bits per heavy atom. The number of benzene rings is 3. The van der Waals surface area contributed by atoms with Crippen LogP contribution >= 0.6 is 11.6 Å². The van der Waals surface area contributed by atoms with E-state index in [4.69, 9.17) is 11.6 Å². The van der Waals surface area contributed by atoms with Gasteiger partial charge in [0.2, 0.25) is 0 Å². The molecule has 3 rings (SSSR count). The van der Waals surface area contributed by atoms with Crippen molar-refractivity contribution in [3.8, 4) is 0 Å². The Morgan fingerprint density at radius 2 is 1.42 bits per heavy atom. The van der Waals surface area contributed by atoms with Crippen LogP contribution in [0.4, 0.5) is 11.4 Å². The molecule has 2 N–H and O–H groups in total. The number of halogens is 1. The summed E-state index contributed by atoms with van der Waals surface area (Å²) in [4.78, 5) is 11.3. The van der Waals surface area contributed by atoms with Gasteiger partial charge in [-0.1, -0.05) is 29.8 Å². The summed E-state index contributed by atoms with van der Waals surface area (Å²) in [6.07, 6.45) is 0. The minimum atomic E-state index is -4.05. The second-order valence-electron chi connectivity index (χ2n) is 6.78. The molecule has 0 fully saturated rings. The summed E-state index contributed by atoms with van der Waals surface area (Å²) in [5.41, 5.74) is 1.19. The van der Waals surface area contributed by atoms with Crippen molar-refractivity contribution in [3.63, 3.8) is 0 Å². The Bertz CT molecular complexity index is 1350. The largest absolute Gasteiger partial charge is 0.295 e. The predicted molar refractivity (Wildman–Crippen MR) is 121 cm³/mol. The molecule has 0 atom stereocenters. The van der Waals surface area contributed by atoms with Crippen molar-refractivity contribution in [2.75, 3.05) is 9.44 Å². The Hall–Kier alpha value is -2.88. The minimum absolute atomic E-state index is 0.104. The zero-order valence-electron chi connectivity index (χ0n) is 16.6. The Morgan fingerprint density at radius 1 is 0.806 bits per heavy atom. The number of rotatable bonds is 7. The summed E-state index contributed by atoms with van der Waals surface area (Å²) in [7, 11) is -8.03. The van der Waals surface area contributed by atoms with Crippen LogP contribution in [0.5, 0.6) is 0 Å². The van der Waals surface area contributed by atoms with Gasteiger partial charge in [-0.05, 0) is 67.9 Å². The number of nitrogens with one attached hydrogen (secondary N) is 2. The van der Waals surface area contributed by atoms with Crippen LogP contribution in [0.15, 0.2) is 76.5 Å². The normalized spacial score (nSPS) is 11.7. The van der Waals surface area contributed by atoms with E-state index in [0.717, 1.165) is 0 Å². The molecule has 0 aliphatic rings. The lowest BCUT2D eigenvalue weighted by Gasteiger charge is -2.14. The van der Waals surface area contributed by atoms with Gasteiger partial charge < -0.3 is 0 Å². The van der Waals surface area contributed by atoms with Crippen molar-refractivity contribution < 1.29 is 21.6 Å². The molecule has 0 heterocycles. The second-order valence-corrected chi connectivity index (χ2v) is 10.6. The molecule has 0 aliphatic heterocycles. The summed E-state index contributed by atoms with van der Waals surface area (Å²) in [5, 5.41) is 0.462. The molecule has 3 aromatic rings. The van der Waals surface area contributed by atoms with Crippen LogP contribution in [0.1, 0.15) is 22.8 Å². The number of Topliss-reactive ketones (excluding diaryl/α,β-unsaturated/α-hetero) is 1. The van der Waals surface area contributed by atoms with Gasteiger partial charge in [0.05, 0.1) is 15.5 Å². The van der Waals surface area contributed by atoms with Gasteiger partial charge in [-0.25, -0.2) is 16.8 Å². The number of carbonyl (C=O) groups excluding carboxylic acids is 1. The van der Waals surface area contributed by atoms with Crippen molar-refractivity contribution in [1.82, 2.24) is 0 Å². The van der Waals surface area contributed by atoms with E-state index in [1.54, 1.807) is 19.1 Å². The smallest absolute Gasteiger partial charge is 0.261 e. The number of aryl methyl sites for hydroxylation is 1. The van der Waals surface area contributed by atoms with Crippen LogP contribution in [0.25, 0.3) is 0 Å². The third-order valence-corrected chi connectivity index (χ3v) is 7.41. The van der Waals surface area contributed by atoms with E-state index < -0.39 is 20.0 Å². The van der Waals surface area contributed by atoms with Gasteiger partial charge in [0.15, 0.2) is 5.78 Å². The number of anilines is 2. The molecule has 10 heteroatoms. The number of ketones is 1. The molecule has 0 bridgehead atoms. The predicted octanol–water partition coefficient (Wildman–Crippen LogP) is 4.45. The molecule has 0 radical (unpaired) electrons. The molecular formula is C21H19ClN2O5S2. The highest BCUT2D eigenvalue weighted by Crippen LogP contribution is 2.25. The fourth-order valence-electron chi connectivity index (χ4n) is 2.70. The SMILES string of the molecule is CC(=O)c1cccc(S(=O)(=O)Nc2cc(S(=O)(=O)Nc3ccc(Cl)cc3)ccc2C)c1. The van der Waals surface area contributed by atoms with Crippen molar-refractivity contribution in [1.29, 1.82) is 0 Å². The number of sulfonamides is 2. The Labute approximate surface area is 186 Å². The maximum absolute atomic E-state index is 12.8. The van der Waals surface area contributed by atoms with Gasteiger partial charge in [-0.15, -0.1) is 0 Å². The molecule has 0 aliphatic carbocycles. The quantitative estimate of drug-likeness (QED) is 0.487. The summed E-state index contributed by atoms with van der Waals surface area (Å²) in [6.45, 7) is 2.98. The molecule has 0 amide bonds. The molecule has 0 saturated heterocycles. The van der Waals surface area contributed by atoms with E-state index in [2.05, 4.69) is 9.44 Å². The van der Waals surface area contributed by atoms with Crippen molar-refractivity contribution >= 4 is 48.8 Å². The van der Waals surface area contributed by atoms with Gasteiger partial charge in [-0.3, -0.25) is 14.2 Å². The monoisotopic (exact) mass is 478 g/mol. The van der Waals surface area contributed by atoms with Crippen LogP contribution in [-0.2, 0) is 20.0 Å². The molecule has 0 saturated carbocycles. The summed E-state index contributed by atoms with van der Waals surface area (Å²) in [5.74, 6) is -0.269. The lowest BCUT2D eigenvalue weighted by Crippen LogP contribution is -2.16. The minimum Gasteiger partial charge on any atom is -0.295 e. The van der Waals surface area contributed by atoms with Crippen LogP contribution in [-0.4, -0.2) is 22.6 Å². The lowest BCUT2D eigenvalue weighted by atomic mass is 10.2. The first-order valence-electron chi connectivity index (χ1n) is 9.01. The molecule has 3 aromatic carbocycles. The number of hydrogen-bond acceptors (Lipinski definition) is 5. The standard InChI is InChI=1S/C21H19ClN2O5S2/c1-14-6-11-20(30(26,27)23-18-9-7-17(22)8-10-18)13-21(14)24-31(28,29)19-5-3-4-16(12-19)15(2)25/h3-13,23-24H,1-2H3. The fraction of sp³-hybridized carbons (Fsp3) is 0.0952. The average Bonchev–Trinajstić information content (AvgIpc) is 2.71. The maximum atomic E-state index is 12.8. The summed E-state index contributed by atoms with van der Waals surface area (Å²) < 4.78 is 55.9. The molecule has 0 spiro atoms. The van der Waals surface area contributed by atoms with E-state index in [1.807, 2.05) is 0 Å². The third kappa shape index (κ3) is 5.43. The maximum Gasteiger partial charge on any atom is 0.261 e. The highest BCUT2D eigenvalue weighted by molar-refractivity contribution is 7.93. The van der Waals surface area contributed by atoms with Crippen LogP contribution in [0, 0.1) is 6.92 Å². The lowest BCUT2D eigenvalue weighted by molar-refractivity contribution is 0.101. The van der Waals surface area contributed by atoms with Gasteiger partial charge >= 0.3 is 0 Å². The Kier molecular flexibility index (Phi) is 6.40. The first kappa shape index (κ1) is 22.8. The second kappa shape index (κ2) is 8.70. The summed E-state index contributed by atoms with van der Waals surface area (Å²) in [6, 6.07) is 15.8. The molecule has 0 aromatic heterocycles. The van der Waals surface area contributed by atoms with Gasteiger partial charge in [0, 0.05) is 16.3 Å². The van der Waals surface area contributed by atoms with E-state index in [1.165, 1.54) is 61.5 Å². The number of hydrogen-bond donors (Lipinski definition) is 2. The highest BCUT2D eigenvalue weighted by atomic mass is 35.5. The van der Waals surface area contributed by atoms with Gasteiger partial charge in [0.1, 0.15) is 0 Å². The van der Waals surface area contributed by atoms with Gasteiger partial charge in [0.25, 0.3) is 20.0 Å². The van der Waals surface area contributed by atoms with E-state index in [0.29, 0.717) is 16.3 Å². The van der Waals surface area contributed by atoms with Gasteiger partial charge in [-0.2, -0.15) is 0 Å². The van der Waals surface area contributed by atoms with E-state index in [9.17, 15) is 21.6 Å². The Balaban J connectivity index is 1.93. The third-order valence-electron chi connectivity index (χ3n) is 4.41. The van der Waals surface area contributed by atoms with Crippen molar-refractivity contribution in [3.05, 3.63) is 82.9 Å². The number of carbonyl (C=O) groups is 1. The fourth-order valence-corrected chi connectivity index (χ4v) is 5.07. The first-order valence-corrected chi connectivity index (χ1v) is 12.4. The van der Waals surface area contributed by atoms with Crippen LogP contribution < -0.4 is 9.44 Å². The molecule has 162 valence electrons. The average molecular weight is 479 g/mol. The highest BCUT2D eigenvalue weighted by Gasteiger charge is 2.20. The van der Waals surface area contributed by atoms with E-state index >= 15 is 0 Å². The van der Waals surface area contributed by atoms with Crippen molar-refractivity contribution in [2.45, 2.75) is 23.6 Å². The zero-order valence-corrected chi connectivity index (χ0v) is 19.0. The van der Waals surface area contributed by atoms with Crippen LogP contribution in [0.3, 0.4) is 0 Å². The van der Waals surface area contributed by atoms with Crippen molar-refractivity contribution in [2.24, 2.45) is 0 Å². The zero-order chi connectivity index (χ0) is 22.8. The molecule has 0 unspecified atom stereocenters. The molecular weight excluding hydrogens is 460 g/mol. The topological polar surface area (TPSA) is 109 Å². The molecule has 7 nitrogen and oxygen atoms in total. The van der Waals surface area contributed by atoms with E-state index in [-0.39, 0.29) is 26.8 Å².